The SMILES string of the molecule is O=C(Cc1ccc(Cl)cc1)c1ccc2ncccc2c1. The predicted octanol–water partition coefficient (Wildman–Crippen LogP) is 4.31. The molecule has 0 aliphatic carbocycles. The maximum absolute atomic E-state index is 12.3. The van der Waals surface area contributed by atoms with E-state index in [1.54, 1.807) is 18.3 Å². The van der Waals surface area contributed by atoms with Crippen LogP contribution in [0.2, 0.25) is 5.02 Å². The zero-order valence-corrected chi connectivity index (χ0v) is 11.5. The number of fused-ring (bicyclic) bond motifs is 1. The van der Waals surface area contributed by atoms with Gasteiger partial charge in [0.05, 0.1) is 5.52 Å². The molecule has 1 heterocycles. The van der Waals surface area contributed by atoms with E-state index in [4.69, 9.17) is 11.6 Å². The van der Waals surface area contributed by atoms with Gasteiger partial charge in [0.2, 0.25) is 0 Å². The Morgan fingerprint density at radius 1 is 1.05 bits per heavy atom. The Kier molecular flexibility index (Phi) is 3.48. The smallest absolute Gasteiger partial charge is 0.167 e. The van der Waals surface area contributed by atoms with Gasteiger partial charge in [-0.25, -0.2) is 0 Å². The second-order valence-corrected chi connectivity index (χ2v) is 5.07. The van der Waals surface area contributed by atoms with E-state index < -0.39 is 0 Å². The molecular formula is C17H12ClNO. The van der Waals surface area contributed by atoms with E-state index in [9.17, 15) is 4.79 Å². The number of aromatic nitrogens is 1. The highest BCUT2D eigenvalue weighted by molar-refractivity contribution is 6.30. The van der Waals surface area contributed by atoms with E-state index >= 15 is 0 Å². The van der Waals surface area contributed by atoms with Gasteiger partial charge in [0, 0.05) is 28.6 Å². The Morgan fingerprint density at radius 3 is 2.65 bits per heavy atom. The van der Waals surface area contributed by atoms with Crippen LogP contribution in [0.4, 0.5) is 0 Å². The molecule has 0 N–H and O–H groups in total. The van der Waals surface area contributed by atoms with Crippen LogP contribution in [-0.2, 0) is 6.42 Å². The summed E-state index contributed by atoms with van der Waals surface area (Å²) in [6.45, 7) is 0. The van der Waals surface area contributed by atoms with Crippen molar-refractivity contribution in [3.8, 4) is 0 Å². The van der Waals surface area contributed by atoms with Gasteiger partial charge in [-0.3, -0.25) is 9.78 Å². The summed E-state index contributed by atoms with van der Waals surface area (Å²) < 4.78 is 0. The van der Waals surface area contributed by atoms with E-state index in [0.29, 0.717) is 17.0 Å². The van der Waals surface area contributed by atoms with Crippen LogP contribution in [0, 0.1) is 0 Å². The van der Waals surface area contributed by atoms with Gasteiger partial charge in [-0.05, 0) is 42.0 Å². The normalized spacial score (nSPS) is 10.7. The van der Waals surface area contributed by atoms with Crippen LogP contribution in [0.1, 0.15) is 15.9 Å². The lowest BCUT2D eigenvalue weighted by Gasteiger charge is -2.03. The predicted molar refractivity (Wildman–Crippen MR) is 81.2 cm³/mol. The van der Waals surface area contributed by atoms with Crippen molar-refractivity contribution in [3.05, 3.63) is 76.9 Å². The standard InChI is InChI=1S/C17H12ClNO/c18-15-6-3-12(4-7-15)10-17(20)14-5-8-16-13(11-14)2-1-9-19-16/h1-9,11H,10H2. The van der Waals surface area contributed by atoms with Gasteiger partial charge in [0.25, 0.3) is 0 Å². The van der Waals surface area contributed by atoms with Crippen LogP contribution in [0.25, 0.3) is 10.9 Å². The molecule has 2 nitrogen and oxygen atoms in total. The fraction of sp³-hybridized carbons (Fsp3) is 0.0588. The number of carbonyl (C=O) groups excluding carboxylic acids is 1. The molecule has 0 saturated heterocycles. The minimum Gasteiger partial charge on any atom is -0.294 e. The van der Waals surface area contributed by atoms with Gasteiger partial charge in [0.1, 0.15) is 0 Å². The Bertz CT molecular complexity index is 765. The average Bonchev–Trinajstić information content (AvgIpc) is 2.49. The highest BCUT2D eigenvalue weighted by atomic mass is 35.5. The summed E-state index contributed by atoms with van der Waals surface area (Å²) in [6.07, 6.45) is 2.13. The number of ketones is 1. The summed E-state index contributed by atoms with van der Waals surface area (Å²) in [6, 6.07) is 16.8. The van der Waals surface area contributed by atoms with Crippen LogP contribution in [-0.4, -0.2) is 10.8 Å². The Balaban J connectivity index is 1.86. The Labute approximate surface area is 122 Å². The number of benzene rings is 2. The first kappa shape index (κ1) is 12.8. The van der Waals surface area contributed by atoms with Crippen molar-refractivity contribution in [1.29, 1.82) is 0 Å². The largest absolute Gasteiger partial charge is 0.294 e. The van der Waals surface area contributed by atoms with Crippen LogP contribution >= 0.6 is 11.6 Å². The van der Waals surface area contributed by atoms with Gasteiger partial charge in [0.15, 0.2) is 5.78 Å². The summed E-state index contributed by atoms with van der Waals surface area (Å²) >= 11 is 5.84. The number of halogens is 1. The zero-order valence-electron chi connectivity index (χ0n) is 10.7. The number of pyridine rings is 1. The van der Waals surface area contributed by atoms with E-state index in [1.807, 2.05) is 42.5 Å². The molecule has 20 heavy (non-hydrogen) atoms. The summed E-state index contributed by atoms with van der Waals surface area (Å²) in [4.78, 5) is 16.5. The van der Waals surface area contributed by atoms with E-state index in [0.717, 1.165) is 16.5 Å². The second kappa shape index (κ2) is 5.43. The van der Waals surface area contributed by atoms with Crippen molar-refractivity contribution in [2.75, 3.05) is 0 Å². The van der Waals surface area contributed by atoms with Crippen LogP contribution in [0.15, 0.2) is 60.8 Å². The molecule has 0 fully saturated rings. The minimum atomic E-state index is 0.0954. The minimum absolute atomic E-state index is 0.0954. The summed E-state index contributed by atoms with van der Waals surface area (Å²) in [5, 5.41) is 1.66. The fourth-order valence-corrected chi connectivity index (χ4v) is 2.26. The van der Waals surface area contributed by atoms with Crippen LogP contribution in [0.3, 0.4) is 0 Å². The third-order valence-electron chi connectivity index (χ3n) is 3.20. The summed E-state index contributed by atoms with van der Waals surface area (Å²) in [5.41, 5.74) is 2.57. The molecule has 3 heteroatoms. The first-order valence-electron chi connectivity index (χ1n) is 6.35. The maximum atomic E-state index is 12.3. The molecule has 0 amide bonds. The molecular weight excluding hydrogens is 270 g/mol. The zero-order chi connectivity index (χ0) is 13.9. The first-order chi connectivity index (χ1) is 9.72. The lowest BCUT2D eigenvalue weighted by Crippen LogP contribution is -2.03. The molecule has 1 aromatic heterocycles. The molecule has 0 radical (unpaired) electrons. The number of carbonyl (C=O) groups is 1. The summed E-state index contributed by atoms with van der Waals surface area (Å²) in [5.74, 6) is 0.0954. The van der Waals surface area contributed by atoms with Gasteiger partial charge < -0.3 is 0 Å². The van der Waals surface area contributed by atoms with Gasteiger partial charge in [-0.2, -0.15) is 0 Å². The lowest BCUT2D eigenvalue weighted by molar-refractivity contribution is 0.0993. The maximum Gasteiger partial charge on any atom is 0.167 e. The summed E-state index contributed by atoms with van der Waals surface area (Å²) in [7, 11) is 0. The molecule has 0 spiro atoms. The lowest BCUT2D eigenvalue weighted by atomic mass is 10.0. The van der Waals surface area contributed by atoms with Gasteiger partial charge in [-0.15, -0.1) is 0 Å². The van der Waals surface area contributed by atoms with E-state index in [1.165, 1.54) is 0 Å². The molecule has 0 saturated carbocycles. The highest BCUT2D eigenvalue weighted by Crippen LogP contribution is 2.16. The molecule has 0 unspecified atom stereocenters. The van der Waals surface area contributed by atoms with Crippen LogP contribution < -0.4 is 0 Å². The van der Waals surface area contributed by atoms with Crippen molar-refractivity contribution in [1.82, 2.24) is 4.98 Å². The monoisotopic (exact) mass is 281 g/mol. The Hall–Kier alpha value is -2.19. The third kappa shape index (κ3) is 2.70. The van der Waals surface area contributed by atoms with Gasteiger partial charge >= 0.3 is 0 Å². The molecule has 0 aliphatic heterocycles. The number of hydrogen-bond donors (Lipinski definition) is 0. The Morgan fingerprint density at radius 2 is 1.85 bits per heavy atom. The number of nitrogens with zero attached hydrogens (tertiary/aromatic N) is 1. The average molecular weight is 282 g/mol. The molecule has 98 valence electrons. The number of rotatable bonds is 3. The molecule has 3 rings (SSSR count). The quantitative estimate of drug-likeness (QED) is 0.670. The van der Waals surface area contributed by atoms with Crippen molar-refractivity contribution in [2.45, 2.75) is 6.42 Å². The van der Waals surface area contributed by atoms with Crippen molar-refractivity contribution in [3.63, 3.8) is 0 Å². The molecule has 0 aliphatic rings. The topological polar surface area (TPSA) is 30.0 Å². The fourth-order valence-electron chi connectivity index (χ4n) is 2.14. The molecule has 0 bridgehead atoms. The first-order valence-corrected chi connectivity index (χ1v) is 6.72. The van der Waals surface area contributed by atoms with E-state index in [2.05, 4.69) is 4.98 Å². The molecule has 2 aromatic carbocycles. The molecule has 3 aromatic rings. The second-order valence-electron chi connectivity index (χ2n) is 4.64. The van der Waals surface area contributed by atoms with Crippen molar-refractivity contribution in [2.24, 2.45) is 0 Å². The number of hydrogen-bond acceptors (Lipinski definition) is 2. The molecule has 0 atom stereocenters. The van der Waals surface area contributed by atoms with Gasteiger partial charge in [-0.1, -0.05) is 29.8 Å². The van der Waals surface area contributed by atoms with Crippen molar-refractivity contribution < 1.29 is 4.79 Å². The number of Topliss-reactive ketones (excluding diaryl/α,β-unsaturated/α-hetero) is 1. The highest BCUT2D eigenvalue weighted by Gasteiger charge is 2.08. The van der Waals surface area contributed by atoms with Crippen LogP contribution in [0.5, 0.6) is 0 Å². The third-order valence-corrected chi connectivity index (χ3v) is 3.45. The van der Waals surface area contributed by atoms with Crippen molar-refractivity contribution >= 4 is 28.3 Å². The van der Waals surface area contributed by atoms with E-state index in [-0.39, 0.29) is 5.78 Å².